The average Bonchev–Trinajstić information content (AvgIpc) is 2.00. The molecule has 0 aliphatic heterocycles. The van der Waals surface area contributed by atoms with Gasteiger partial charge in [-0.15, -0.1) is 0 Å². The normalized spacial score (nSPS) is 11.2. The quantitative estimate of drug-likeness (QED) is 0.564. The second-order valence-electron chi connectivity index (χ2n) is 2.27. The maximum Gasteiger partial charge on any atom is 0.306 e. The van der Waals surface area contributed by atoms with Crippen molar-refractivity contribution < 1.29 is 17.9 Å². The van der Waals surface area contributed by atoms with Gasteiger partial charge >= 0.3 is 5.97 Å². The molecule has 0 unspecified atom stereocenters. The summed E-state index contributed by atoms with van der Waals surface area (Å²) in [5, 5.41) is 0. The number of carbonyl (C=O) groups is 1. The van der Waals surface area contributed by atoms with Crippen LogP contribution in [0.4, 0.5) is 0 Å². The summed E-state index contributed by atoms with van der Waals surface area (Å²) in [5.74, 6) is -0.781. The van der Waals surface area contributed by atoms with E-state index in [0.717, 1.165) is 0 Å². The Morgan fingerprint density at radius 3 is 2.42 bits per heavy atom. The molecule has 0 bridgehead atoms. The molecule has 0 saturated heterocycles. The SMILES string of the molecule is COC(=O)CCS(=O)(=O)CCN. The van der Waals surface area contributed by atoms with Gasteiger partial charge in [0.1, 0.15) is 0 Å². The third-order valence-corrected chi connectivity index (χ3v) is 2.96. The lowest BCUT2D eigenvalue weighted by Crippen LogP contribution is -2.20. The number of hydrogen-bond acceptors (Lipinski definition) is 5. The first-order chi connectivity index (χ1) is 5.52. The summed E-state index contributed by atoms with van der Waals surface area (Å²) in [4.78, 5) is 10.5. The molecule has 5 nitrogen and oxygen atoms in total. The fourth-order valence-corrected chi connectivity index (χ4v) is 1.66. The minimum Gasteiger partial charge on any atom is -0.469 e. The Morgan fingerprint density at radius 2 is 2.00 bits per heavy atom. The molecule has 12 heavy (non-hydrogen) atoms. The van der Waals surface area contributed by atoms with Crippen molar-refractivity contribution in [2.45, 2.75) is 6.42 Å². The van der Waals surface area contributed by atoms with Crippen molar-refractivity contribution in [3.63, 3.8) is 0 Å². The highest BCUT2D eigenvalue weighted by molar-refractivity contribution is 7.91. The molecule has 72 valence electrons. The highest BCUT2D eigenvalue weighted by Crippen LogP contribution is 1.94. The van der Waals surface area contributed by atoms with Gasteiger partial charge in [0.05, 0.1) is 25.0 Å². The van der Waals surface area contributed by atoms with Crippen molar-refractivity contribution >= 4 is 15.8 Å². The van der Waals surface area contributed by atoms with E-state index in [-0.39, 0.29) is 24.5 Å². The van der Waals surface area contributed by atoms with Gasteiger partial charge in [0.25, 0.3) is 0 Å². The predicted octanol–water partition coefficient (Wildman–Crippen LogP) is -1.08. The number of methoxy groups -OCH3 is 1. The fraction of sp³-hybridized carbons (Fsp3) is 0.833. The Morgan fingerprint density at radius 1 is 1.42 bits per heavy atom. The van der Waals surface area contributed by atoms with E-state index in [0.29, 0.717) is 0 Å². The van der Waals surface area contributed by atoms with Gasteiger partial charge in [0, 0.05) is 6.54 Å². The average molecular weight is 195 g/mol. The Kier molecular flexibility index (Phi) is 4.84. The molecule has 0 fully saturated rings. The molecule has 0 aromatic carbocycles. The smallest absolute Gasteiger partial charge is 0.306 e. The van der Waals surface area contributed by atoms with Crippen LogP contribution in [0.1, 0.15) is 6.42 Å². The molecular weight excluding hydrogens is 182 g/mol. The molecule has 0 rings (SSSR count). The number of hydrogen-bond donors (Lipinski definition) is 1. The zero-order valence-corrected chi connectivity index (χ0v) is 7.76. The molecule has 0 radical (unpaired) electrons. The van der Waals surface area contributed by atoms with Gasteiger partial charge in [0.15, 0.2) is 9.84 Å². The Hall–Kier alpha value is -0.620. The standard InChI is InChI=1S/C6H13NO4S/c1-11-6(8)2-4-12(9,10)5-3-7/h2-5,7H2,1H3. The van der Waals surface area contributed by atoms with Gasteiger partial charge in [-0.2, -0.15) is 0 Å². The monoisotopic (exact) mass is 195 g/mol. The lowest BCUT2D eigenvalue weighted by atomic mass is 10.5. The molecule has 0 aliphatic carbocycles. The van der Waals surface area contributed by atoms with Gasteiger partial charge in [-0.25, -0.2) is 8.42 Å². The van der Waals surface area contributed by atoms with Crippen LogP contribution in [0.3, 0.4) is 0 Å². The number of esters is 1. The fourth-order valence-electron chi connectivity index (χ4n) is 0.623. The van der Waals surface area contributed by atoms with Gasteiger partial charge in [0.2, 0.25) is 0 Å². The summed E-state index contributed by atoms with van der Waals surface area (Å²) in [6.07, 6.45) is -0.0984. The van der Waals surface area contributed by atoms with Crippen molar-refractivity contribution in [2.75, 3.05) is 25.2 Å². The second-order valence-corrected chi connectivity index (χ2v) is 4.57. The van der Waals surface area contributed by atoms with Crippen LogP contribution >= 0.6 is 0 Å². The summed E-state index contributed by atoms with van der Waals surface area (Å²) in [5.41, 5.74) is 5.06. The van der Waals surface area contributed by atoms with Crippen LogP contribution in [0.25, 0.3) is 0 Å². The zero-order chi connectivity index (χ0) is 9.61. The first kappa shape index (κ1) is 11.4. The zero-order valence-electron chi connectivity index (χ0n) is 6.95. The minimum atomic E-state index is -3.16. The molecule has 0 aromatic heterocycles. The van der Waals surface area contributed by atoms with Gasteiger partial charge in [-0.3, -0.25) is 4.79 Å². The molecule has 0 atom stereocenters. The van der Waals surface area contributed by atoms with E-state index in [9.17, 15) is 13.2 Å². The van der Waals surface area contributed by atoms with E-state index >= 15 is 0 Å². The van der Waals surface area contributed by atoms with Gasteiger partial charge < -0.3 is 10.5 Å². The lowest BCUT2D eigenvalue weighted by molar-refractivity contribution is -0.140. The molecule has 6 heteroatoms. The van der Waals surface area contributed by atoms with E-state index in [4.69, 9.17) is 5.73 Å². The van der Waals surface area contributed by atoms with E-state index in [1.165, 1.54) is 7.11 Å². The lowest BCUT2D eigenvalue weighted by Gasteiger charge is -2.00. The number of ether oxygens (including phenoxy) is 1. The highest BCUT2D eigenvalue weighted by Gasteiger charge is 2.12. The number of carbonyl (C=O) groups excluding carboxylic acids is 1. The summed E-state index contributed by atoms with van der Waals surface area (Å²) >= 11 is 0. The molecule has 0 aliphatic rings. The van der Waals surface area contributed by atoms with E-state index < -0.39 is 15.8 Å². The molecule has 0 aromatic rings. The van der Waals surface area contributed by atoms with Crippen molar-refractivity contribution in [3.05, 3.63) is 0 Å². The summed E-state index contributed by atoms with van der Waals surface area (Å²) < 4.78 is 26.2. The maximum atomic E-state index is 11.0. The van der Waals surface area contributed by atoms with Crippen LogP contribution in [0.15, 0.2) is 0 Å². The van der Waals surface area contributed by atoms with Crippen molar-refractivity contribution in [1.82, 2.24) is 0 Å². The van der Waals surface area contributed by atoms with E-state index in [2.05, 4.69) is 4.74 Å². The summed E-state index contributed by atoms with van der Waals surface area (Å²) in [6, 6.07) is 0. The summed E-state index contributed by atoms with van der Waals surface area (Å²) in [6.45, 7) is 0.0868. The van der Waals surface area contributed by atoms with Crippen LogP contribution < -0.4 is 5.73 Å². The Labute approximate surface area is 71.8 Å². The largest absolute Gasteiger partial charge is 0.469 e. The number of rotatable bonds is 5. The Balaban J connectivity index is 3.84. The second kappa shape index (κ2) is 5.10. The Bertz CT molecular complexity index is 234. The minimum absolute atomic E-state index is 0.0794. The molecular formula is C6H13NO4S. The van der Waals surface area contributed by atoms with Crippen LogP contribution in [0, 0.1) is 0 Å². The van der Waals surface area contributed by atoms with Crippen LogP contribution in [0.2, 0.25) is 0 Å². The molecule has 0 amide bonds. The third-order valence-electron chi connectivity index (χ3n) is 1.27. The van der Waals surface area contributed by atoms with E-state index in [1.807, 2.05) is 0 Å². The van der Waals surface area contributed by atoms with Crippen molar-refractivity contribution in [2.24, 2.45) is 5.73 Å². The highest BCUT2D eigenvalue weighted by atomic mass is 32.2. The summed E-state index contributed by atoms with van der Waals surface area (Å²) in [7, 11) is -1.94. The third kappa shape index (κ3) is 5.09. The number of nitrogens with two attached hydrogens (primary N) is 1. The van der Waals surface area contributed by atoms with Crippen LogP contribution in [-0.2, 0) is 19.4 Å². The number of sulfone groups is 1. The van der Waals surface area contributed by atoms with Crippen molar-refractivity contribution in [3.8, 4) is 0 Å². The molecule has 0 saturated carbocycles. The van der Waals surface area contributed by atoms with Crippen LogP contribution in [0.5, 0.6) is 0 Å². The maximum absolute atomic E-state index is 11.0. The van der Waals surface area contributed by atoms with Gasteiger partial charge in [-0.05, 0) is 0 Å². The van der Waals surface area contributed by atoms with Crippen molar-refractivity contribution in [1.29, 1.82) is 0 Å². The first-order valence-electron chi connectivity index (χ1n) is 3.49. The first-order valence-corrected chi connectivity index (χ1v) is 5.31. The topological polar surface area (TPSA) is 86.5 Å². The predicted molar refractivity (Wildman–Crippen MR) is 44.3 cm³/mol. The molecule has 0 heterocycles. The molecule has 2 N–H and O–H groups in total. The molecule has 0 spiro atoms. The van der Waals surface area contributed by atoms with Crippen LogP contribution in [-0.4, -0.2) is 39.5 Å². The van der Waals surface area contributed by atoms with E-state index in [1.54, 1.807) is 0 Å². The van der Waals surface area contributed by atoms with Gasteiger partial charge in [-0.1, -0.05) is 0 Å².